The van der Waals surface area contributed by atoms with Gasteiger partial charge >= 0.3 is 5.97 Å². The fraction of sp³-hybridized carbons (Fsp3) is 0.619. The molecule has 6 heteroatoms. The molecule has 3 atom stereocenters. The van der Waals surface area contributed by atoms with Gasteiger partial charge in [0, 0.05) is 5.92 Å². The number of aliphatic carboxylic acids is 1. The molecule has 0 aromatic heterocycles. The molecule has 0 spiro atoms. The summed E-state index contributed by atoms with van der Waals surface area (Å²) >= 11 is 0. The van der Waals surface area contributed by atoms with E-state index >= 15 is 0 Å². The van der Waals surface area contributed by atoms with Crippen molar-refractivity contribution in [1.82, 2.24) is 5.32 Å². The van der Waals surface area contributed by atoms with Crippen molar-refractivity contribution < 1.29 is 24.2 Å². The minimum Gasteiger partial charge on any atom is -0.493 e. The molecule has 150 valence electrons. The van der Waals surface area contributed by atoms with Crippen LogP contribution in [0.1, 0.15) is 64.0 Å². The third kappa shape index (κ3) is 5.88. The number of carbonyl (C=O) groups is 2. The van der Waals surface area contributed by atoms with E-state index in [0.29, 0.717) is 30.9 Å². The van der Waals surface area contributed by atoms with E-state index < -0.39 is 11.9 Å². The molecule has 0 saturated heterocycles. The number of unbranched alkanes of at least 4 members (excludes halogenated alkanes) is 1. The highest BCUT2D eigenvalue weighted by molar-refractivity contribution is 5.80. The number of carboxylic acid groups (broad SMARTS) is 1. The van der Waals surface area contributed by atoms with Gasteiger partial charge in [-0.15, -0.1) is 0 Å². The molecule has 0 heterocycles. The molecular weight excluding hydrogens is 346 g/mol. The first-order chi connectivity index (χ1) is 13.0. The zero-order valence-corrected chi connectivity index (χ0v) is 16.5. The summed E-state index contributed by atoms with van der Waals surface area (Å²) in [4.78, 5) is 23.8. The lowest BCUT2D eigenvalue weighted by Crippen LogP contribution is -2.36. The van der Waals surface area contributed by atoms with Crippen LogP contribution in [0.2, 0.25) is 0 Å². The molecule has 1 aliphatic carbocycles. The van der Waals surface area contributed by atoms with Gasteiger partial charge in [0.25, 0.3) is 0 Å². The lowest BCUT2D eigenvalue weighted by Gasteiger charge is -2.27. The number of carbonyl (C=O) groups excluding carboxylic acids is 1. The van der Waals surface area contributed by atoms with Gasteiger partial charge in [-0.25, -0.2) is 0 Å². The van der Waals surface area contributed by atoms with Crippen LogP contribution >= 0.6 is 0 Å². The quantitative estimate of drug-likeness (QED) is 0.637. The number of benzene rings is 1. The number of methoxy groups -OCH3 is 1. The molecule has 1 aliphatic rings. The molecule has 2 N–H and O–H groups in total. The number of hydrogen-bond acceptors (Lipinski definition) is 4. The van der Waals surface area contributed by atoms with E-state index in [0.717, 1.165) is 31.2 Å². The molecule has 2 rings (SSSR count). The van der Waals surface area contributed by atoms with Crippen LogP contribution in [-0.2, 0) is 9.59 Å². The maximum atomic E-state index is 12.6. The Bertz CT molecular complexity index is 645. The second kappa shape index (κ2) is 10.2. The summed E-state index contributed by atoms with van der Waals surface area (Å²) in [6.07, 6.45) is 4.65. The Labute approximate surface area is 161 Å². The monoisotopic (exact) mass is 377 g/mol. The van der Waals surface area contributed by atoms with Gasteiger partial charge in [-0.2, -0.15) is 0 Å². The summed E-state index contributed by atoms with van der Waals surface area (Å²) in [5.41, 5.74) is 0.925. The molecule has 1 saturated carbocycles. The number of carboxylic acids is 1. The zero-order valence-electron chi connectivity index (χ0n) is 16.5. The first-order valence-electron chi connectivity index (χ1n) is 9.80. The minimum atomic E-state index is -0.802. The fourth-order valence-electron chi connectivity index (χ4n) is 3.47. The van der Waals surface area contributed by atoms with Gasteiger partial charge in [0.15, 0.2) is 11.5 Å². The van der Waals surface area contributed by atoms with E-state index in [4.69, 9.17) is 9.47 Å². The lowest BCUT2D eigenvalue weighted by atomic mass is 9.81. The van der Waals surface area contributed by atoms with Crippen molar-refractivity contribution in [2.45, 2.75) is 58.4 Å². The Balaban J connectivity index is 1.99. The maximum Gasteiger partial charge on any atom is 0.306 e. The molecule has 3 unspecified atom stereocenters. The van der Waals surface area contributed by atoms with E-state index in [1.807, 2.05) is 25.1 Å². The Hall–Kier alpha value is -2.24. The summed E-state index contributed by atoms with van der Waals surface area (Å²) in [6.45, 7) is 4.67. The lowest BCUT2D eigenvalue weighted by molar-refractivity contribution is -0.144. The van der Waals surface area contributed by atoms with E-state index in [9.17, 15) is 14.7 Å². The molecular formula is C21H31NO5. The maximum absolute atomic E-state index is 12.6. The van der Waals surface area contributed by atoms with Crippen LogP contribution in [0.25, 0.3) is 0 Å². The van der Waals surface area contributed by atoms with Gasteiger partial charge in [-0.05, 0) is 50.3 Å². The smallest absolute Gasteiger partial charge is 0.306 e. The van der Waals surface area contributed by atoms with Gasteiger partial charge in [0.2, 0.25) is 5.91 Å². The molecule has 1 fully saturated rings. The highest BCUT2D eigenvalue weighted by Crippen LogP contribution is 2.32. The molecule has 1 aromatic rings. The molecule has 0 aliphatic heterocycles. The van der Waals surface area contributed by atoms with Crippen molar-refractivity contribution in [2.24, 2.45) is 11.8 Å². The van der Waals surface area contributed by atoms with Gasteiger partial charge in [0.05, 0.1) is 25.7 Å². The normalized spacial score (nSPS) is 20.6. The van der Waals surface area contributed by atoms with Crippen molar-refractivity contribution in [3.05, 3.63) is 23.8 Å². The van der Waals surface area contributed by atoms with Gasteiger partial charge in [0.1, 0.15) is 0 Å². The minimum absolute atomic E-state index is 0.0734. The van der Waals surface area contributed by atoms with Crippen LogP contribution in [0.5, 0.6) is 11.5 Å². The summed E-state index contributed by atoms with van der Waals surface area (Å²) in [5, 5.41) is 12.2. The molecule has 0 radical (unpaired) electrons. The standard InChI is InChI=1S/C21H31NO5/c1-4-5-11-27-18-10-9-15(13-19(18)26-3)14(2)22-20(23)16-7-6-8-17(12-16)21(24)25/h9-10,13-14,16-17H,4-8,11-12H2,1-3H3,(H,22,23)(H,24,25). The van der Waals surface area contributed by atoms with Crippen molar-refractivity contribution in [2.75, 3.05) is 13.7 Å². The predicted molar refractivity (Wildman–Crippen MR) is 103 cm³/mol. The fourth-order valence-corrected chi connectivity index (χ4v) is 3.47. The van der Waals surface area contributed by atoms with Crippen molar-refractivity contribution in [1.29, 1.82) is 0 Å². The second-order valence-electron chi connectivity index (χ2n) is 7.24. The highest BCUT2D eigenvalue weighted by Gasteiger charge is 2.31. The van der Waals surface area contributed by atoms with Gasteiger partial charge in [-0.1, -0.05) is 25.8 Å². The van der Waals surface area contributed by atoms with Crippen LogP contribution < -0.4 is 14.8 Å². The van der Waals surface area contributed by atoms with E-state index in [2.05, 4.69) is 12.2 Å². The largest absolute Gasteiger partial charge is 0.493 e. The van der Waals surface area contributed by atoms with Crippen LogP contribution in [0.15, 0.2) is 18.2 Å². The SMILES string of the molecule is CCCCOc1ccc(C(C)NC(=O)C2CCCC(C(=O)O)C2)cc1OC. The summed E-state index contributed by atoms with van der Waals surface area (Å²) in [7, 11) is 1.60. The summed E-state index contributed by atoms with van der Waals surface area (Å²) in [6, 6.07) is 5.48. The predicted octanol–water partition coefficient (Wildman–Crippen LogP) is 3.94. The Kier molecular flexibility index (Phi) is 7.95. The number of rotatable bonds is 9. The third-order valence-electron chi connectivity index (χ3n) is 5.20. The molecule has 27 heavy (non-hydrogen) atoms. The summed E-state index contributed by atoms with van der Waals surface area (Å²) in [5.74, 6) is -0.178. The third-order valence-corrected chi connectivity index (χ3v) is 5.20. The van der Waals surface area contributed by atoms with Crippen LogP contribution in [0.4, 0.5) is 0 Å². The van der Waals surface area contributed by atoms with Gasteiger partial charge < -0.3 is 19.9 Å². The zero-order chi connectivity index (χ0) is 19.8. The average molecular weight is 377 g/mol. The van der Waals surface area contributed by atoms with Gasteiger partial charge in [-0.3, -0.25) is 9.59 Å². The highest BCUT2D eigenvalue weighted by atomic mass is 16.5. The van der Waals surface area contributed by atoms with E-state index in [-0.39, 0.29) is 17.9 Å². The van der Waals surface area contributed by atoms with Crippen LogP contribution in [-0.4, -0.2) is 30.7 Å². The van der Waals surface area contributed by atoms with E-state index in [1.54, 1.807) is 7.11 Å². The number of nitrogens with one attached hydrogen (secondary N) is 1. The Morgan fingerprint density at radius 2 is 2.00 bits per heavy atom. The number of hydrogen-bond donors (Lipinski definition) is 2. The number of amides is 1. The molecule has 1 amide bonds. The Morgan fingerprint density at radius 3 is 2.67 bits per heavy atom. The Morgan fingerprint density at radius 1 is 1.26 bits per heavy atom. The van der Waals surface area contributed by atoms with Crippen LogP contribution in [0, 0.1) is 11.8 Å². The van der Waals surface area contributed by atoms with E-state index in [1.165, 1.54) is 0 Å². The number of ether oxygens (including phenoxy) is 2. The van der Waals surface area contributed by atoms with Crippen LogP contribution in [0.3, 0.4) is 0 Å². The molecule has 0 bridgehead atoms. The second-order valence-corrected chi connectivity index (χ2v) is 7.24. The first kappa shape index (κ1) is 21.1. The molecule has 1 aromatic carbocycles. The van der Waals surface area contributed by atoms with Crippen molar-refractivity contribution >= 4 is 11.9 Å². The summed E-state index contributed by atoms with van der Waals surface area (Å²) < 4.78 is 11.2. The molecule has 6 nitrogen and oxygen atoms in total. The first-order valence-corrected chi connectivity index (χ1v) is 9.80. The van der Waals surface area contributed by atoms with Crippen molar-refractivity contribution in [3.63, 3.8) is 0 Å². The average Bonchev–Trinajstić information content (AvgIpc) is 2.68. The topological polar surface area (TPSA) is 84.9 Å². The van der Waals surface area contributed by atoms with Crippen molar-refractivity contribution in [3.8, 4) is 11.5 Å².